The molecule has 1 N–H and O–H groups in total. The smallest absolute Gasteiger partial charge is 0.257 e. The molecular formula is C18H16ClNO2. The van der Waals surface area contributed by atoms with E-state index in [2.05, 4.69) is 6.58 Å². The zero-order valence-electron chi connectivity index (χ0n) is 12.2. The summed E-state index contributed by atoms with van der Waals surface area (Å²) >= 11 is 5.91. The van der Waals surface area contributed by atoms with Crippen molar-refractivity contribution in [3.05, 3.63) is 77.3 Å². The molecule has 0 aromatic heterocycles. The maximum Gasteiger partial charge on any atom is 0.257 e. The molecule has 1 aliphatic heterocycles. The first kappa shape index (κ1) is 14.8. The molecule has 0 spiro atoms. The van der Waals surface area contributed by atoms with Gasteiger partial charge in [-0.3, -0.25) is 4.79 Å². The molecule has 0 radical (unpaired) electrons. The van der Waals surface area contributed by atoms with Crippen molar-refractivity contribution in [3.8, 4) is 0 Å². The number of amides is 1. The molecule has 1 amide bonds. The summed E-state index contributed by atoms with van der Waals surface area (Å²) in [4.78, 5) is 14.2. The Kier molecular flexibility index (Phi) is 3.55. The fourth-order valence-electron chi connectivity index (χ4n) is 2.97. The number of para-hydroxylation sites is 1. The van der Waals surface area contributed by atoms with Crippen LogP contribution >= 0.6 is 11.6 Å². The lowest BCUT2D eigenvalue weighted by Gasteiger charge is -2.31. The van der Waals surface area contributed by atoms with Crippen molar-refractivity contribution in [2.45, 2.75) is 18.6 Å². The molecule has 2 aromatic rings. The summed E-state index contributed by atoms with van der Waals surface area (Å²) in [6.07, 6.45) is 0. The van der Waals surface area contributed by atoms with Crippen molar-refractivity contribution in [2.24, 2.45) is 0 Å². The van der Waals surface area contributed by atoms with Crippen LogP contribution in [0.1, 0.15) is 12.5 Å². The van der Waals surface area contributed by atoms with Gasteiger partial charge in [0.25, 0.3) is 5.91 Å². The van der Waals surface area contributed by atoms with Gasteiger partial charge in [-0.2, -0.15) is 0 Å². The van der Waals surface area contributed by atoms with E-state index in [-0.39, 0.29) is 11.5 Å². The van der Waals surface area contributed by atoms with E-state index in [4.69, 9.17) is 11.6 Å². The Morgan fingerprint density at radius 1 is 1.14 bits per heavy atom. The zero-order valence-corrected chi connectivity index (χ0v) is 12.9. The lowest BCUT2D eigenvalue weighted by atomic mass is 9.84. The molecule has 0 bridgehead atoms. The summed E-state index contributed by atoms with van der Waals surface area (Å²) in [5, 5.41) is 11.8. The monoisotopic (exact) mass is 313 g/mol. The van der Waals surface area contributed by atoms with Crippen molar-refractivity contribution in [1.29, 1.82) is 0 Å². The minimum absolute atomic E-state index is 0.172. The first-order chi connectivity index (χ1) is 10.5. The molecule has 3 rings (SSSR count). The SMILES string of the molecule is C=C1C(=O)N(c2ccccc2)[C@@H](C)[C@]1(O)c1ccc(Cl)cc1. The van der Waals surface area contributed by atoms with Gasteiger partial charge >= 0.3 is 0 Å². The average molecular weight is 314 g/mol. The summed E-state index contributed by atoms with van der Waals surface area (Å²) in [5.41, 5.74) is 0.0933. The van der Waals surface area contributed by atoms with Crippen LogP contribution in [0.15, 0.2) is 66.7 Å². The van der Waals surface area contributed by atoms with Gasteiger partial charge in [0.05, 0.1) is 6.04 Å². The van der Waals surface area contributed by atoms with E-state index in [1.165, 1.54) is 0 Å². The highest BCUT2D eigenvalue weighted by molar-refractivity contribution is 6.30. The number of benzene rings is 2. The van der Waals surface area contributed by atoms with E-state index in [1.807, 2.05) is 37.3 Å². The maximum atomic E-state index is 12.6. The number of rotatable bonds is 2. The molecule has 1 heterocycles. The van der Waals surface area contributed by atoms with Crippen LogP contribution in [0.2, 0.25) is 5.02 Å². The van der Waals surface area contributed by atoms with E-state index in [1.54, 1.807) is 29.2 Å². The van der Waals surface area contributed by atoms with Crippen LogP contribution < -0.4 is 4.90 Å². The average Bonchev–Trinajstić information content (AvgIpc) is 2.71. The van der Waals surface area contributed by atoms with E-state index >= 15 is 0 Å². The third-order valence-electron chi connectivity index (χ3n) is 4.25. The number of aliphatic hydroxyl groups is 1. The first-order valence-electron chi connectivity index (χ1n) is 7.02. The molecule has 0 saturated carbocycles. The van der Waals surface area contributed by atoms with Crippen molar-refractivity contribution in [2.75, 3.05) is 4.90 Å². The van der Waals surface area contributed by atoms with Crippen molar-refractivity contribution < 1.29 is 9.90 Å². The molecule has 2 atom stereocenters. The normalized spacial score (nSPS) is 24.9. The Labute approximate surface area is 134 Å². The van der Waals surface area contributed by atoms with Gasteiger partial charge in [-0.15, -0.1) is 0 Å². The minimum atomic E-state index is -1.43. The van der Waals surface area contributed by atoms with Crippen molar-refractivity contribution >= 4 is 23.2 Å². The molecule has 112 valence electrons. The number of hydrogen-bond donors (Lipinski definition) is 1. The third-order valence-corrected chi connectivity index (χ3v) is 4.50. The number of carbonyl (C=O) groups is 1. The highest BCUT2D eigenvalue weighted by atomic mass is 35.5. The Bertz CT molecular complexity index is 727. The molecule has 22 heavy (non-hydrogen) atoms. The van der Waals surface area contributed by atoms with E-state index in [9.17, 15) is 9.90 Å². The van der Waals surface area contributed by atoms with Crippen LogP contribution in [-0.2, 0) is 10.4 Å². The van der Waals surface area contributed by atoms with Gasteiger partial charge < -0.3 is 10.0 Å². The second-order valence-electron chi connectivity index (χ2n) is 5.44. The fraction of sp³-hybridized carbons (Fsp3) is 0.167. The Hall–Kier alpha value is -2.10. The zero-order chi connectivity index (χ0) is 15.9. The molecule has 1 saturated heterocycles. The van der Waals surface area contributed by atoms with E-state index < -0.39 is 11.6 Å². The van der Waals surface area contributed by atoms with Crippen LogP contribution in [0.3, 0.4) is 0 Å². The van der Waals surface area contributed by atoms with Crippen LogP contribution in [-0.4, -0.2) is 17.1 Å². The van der Waals surface area contributed by atoms with Gasteiger partial charge in [0.15, 0.2) is 0 Å². The van der Waals surface area contributed by atoms with Gasteiger partial charge in [-0.1, -0.05) is 48.5 Å². The van der Waals surface area contributed by atoms with E-state index in [0.29, 0.717) is 10.6 Å². The summed E-state index contributed by atoms with van der Waals surface area (Å²) in [7, 11) is 0. The lowest BCUT2D eigenvalue weighted by molar-refractivity contribution is -0.114. The topological polar surface area (TPSA) is 40.5 Å². The molecule has 4 heteroatoms. The standard InChI is InChI=1S/C18H16ClNO2/c1-12-17(21)20(16-6-4-3-5-7-16)13(2)18(12,22)14-8-10-15(19)11-9-14/h3-11,13,22H,1H2,2H3/t13-,18-/m0/s1. The quantitative estimate of drug-likeness (QED) is 0.862. The van der Waals surface area contributed by atoms with Crippen LogP contribution in [0.4, 0.5) is 5.69 Å². The Morgan fingerprint density at radius 3 is 2.32 bits per heavy atom. The summed E-state index contributed by atoms with van der Waals surface area (Å²) in [6, 6.07) is 15.7. The molecule has 3 nitrogen and oxygen atoms in total. The summed E-state index contributed by atoms with van der Waals surface area (Å²) < 4.78 is 0. The lowest BCUT2D eigenvalue weighted by Crippen LogP contribution is -2.41. The van der Waals surface area contributed by atoms with Crippen LogP contribution in [0.5, 0.6) is 0 Å². The largest absolute Gasteiger partial charge is 0.378 e. The second kappa shape index (κ2) is 5.27. The van der Waals surface area contributed by atoms with Crippen LogP contribution in [0.25, 0.3) is 0 Å². The molecule has 0 unspecified atom stereocenters. The number of anilines is 1. The number of hydrogen-bond acceptors (Lipinski definition) is 2. The Balaban J connectivity index is 2.09. The molecule has 0 aliphatic carbocycles. The summed E-state index contributed by atoms with van der Waals surface area (Å²) in [5.74, 6) is -0.267. The number of halogens is 1. The summed E-state index contributed by atoms with van der Waals surface area (Å²) in [6.45, 7) is 5.66. The van der Waals surface area contributed by atoms with Gasteiger partial charge in [0.1, 0.15) is 5.60 Å². The predicted octanol–water partition coefficient (Wildman–Crippen LogP) is 3.52. The van der Waals surface area contributed by atoms with Gasteiger partial charge in [-0.05, 0) is 36.8 Å². The minimum Gasteiger partial charge on any atom is -0.378 e. The maximum absolute atomic E-state index is 12.6. The van der Waals surface area contributed by atoms with Gasteiger partial charge in [0, 0.05) is 16.3 Å². The van der Waals surface area contributed by atoms with Crippen molar-refractivity contribution in [3.63, 3.8) is 0 Å². The predicted molar refractivity (Wildman–Crippen MR) is 87.9 cm³/mol. The number of carbonyl (C=O) groups excluding carboxylic acids is 1. The highest BCUT2D eigenvalue weighted by Crippen LogP contribution is 2.43. The fourth-order valence-corrected chi connectivity index (χ4v) is 3.10. The molecular weight excluding hydrogens is 298 g/mol. The second-order valence-corrected chi connectivity index (χ2v) is 5.87. The molecule has 1 fully saturated rings. The van der Waals surface area contributed by atoms with Crippen LogP contribution in [0, 0.1) is 0 Å². The molecule has 2 aromatic carbocycles. The molecule has 1 aliphatic rings. The Morgan fingerprint density at radius 2 is 1.73 bits per heavy atom. The van der Waals surface area contributed by atoms with E-state index in [0.717, 1.165) is 5.69 Å². The highest BCUT2D eigenvalue weighted by Gasteiger charge is 2.53. The van der Waals surface area contributed by atoms with Gasteiger partial charge in [0.2, 0.25) is 0 Å². The first-order valence-corrected chi connectivity index (χ1v) is 7.40. The third kappa shape index (κ3) is 2.05. The number of nitrogens with zero attached hydrogens (tertiary/aromatic N) is 1. The van der Waals surface area contributed by atoms with Gasteiger partial charge in [-0.25, -0.2) is 0 Å². The van der Waals surface area contributed by atoms with Crippen molar-refractivity contribution in [1.82, 2.24) is 0 Å².